The molecule has 0 radical (unpaired) electrons. The largest absolute Gasteiger partial charge is 0.457 e. The number of benzene rings is 1. The first-order valence-corrected chi connectivity index (χ1v) is 11.2. The Hall–Kier alpha value is -3.44. The number of nitrogens with one attached hydrogen (secondary N) is 2. The summed E-state index contributed by atoms with van der Waals surface area (Å²) in [6.07, 6.45) is 12.5. The van der Waals surface area contributed by atoms with E-state index in [1.807, 2.05) is 43.5 Å². The lowest BCUT2D eigenvalue weighted by molar-refractivity contribution is -0.142. The minimum absolute atomic E-state index is 0.0375. The zero-order chi connectivity index (χ0) is 21.9. The van der Waals surface area contributed by atoms with Crippen LogP contribution in [0.3, 0.4) is 0 Å². The summed E-state index contributed by atoms with van der Waals surface area (Å²) in [6.45, 7) is 3.64. The van der Waals surface area contributed by atoms with Gasteiger partial charge in [-0.1, -0.05) is 36.4 Å². The maximum Gasteiger partial charge on any atom is 0.338 e. The predicted molar refractivity (Wildman–Crippen MR) is 127 cm³/mol. The number of nitrogens with zero attached hydrogens (tertiary/aromatic N) is 1. The van der Waals surface area contributed by atoms with Crippen LogP contribution < -0.4 is 21.1 Å². The summed E-state index contributed by atoms with van der Waals surface area (Å²) in [5.74, 6) is -0.239. The fraction of sp³-hybridized carbons (Fsp3) is 0.259. The molecule has 1 fully saturated rings. The molecule has 162 valence electrons. The van der Waals surface area contributed by atoms with Crippen LogP contribution in [0.15, 0.2) is 60.3 Å². The van der Waals surface area contributed by atoms with Crippen LogP contribution in [-0.4, -0.2) is 30.1 Å². The number of carbonyl (C=O) groups is 1. The van der Waals surface area contributed by atoms with Crippen LogP contribution in [0.25, 0.3) is 23.4 Å². The van der Waals surface area contributed by atoms with Crippen LogP contribution in [0.1, 0.15) is 36.2 Å². The van der Waals surface area contributed by atoms with E-state index >= 15 is 0 Å². The molecule has 32 heavy (non-hydrogen) atoms. The first-order valence-electron chi connectivity index (χ1n) is 11.2. The minimum Gasteiger partial charge on any atom is -0.457 e. The highest BCUT2D eigenvalue weighted by molar-refractivity contribution is 5.98. The molecule has 0 unspecified atom stereocenters. The van der Waals surface area contributed by atoms with Crippen molar-refractivity contribution in [2.45, 2.75) is 32.3 Å². The van der Waals surface area contributed by atoms with Gasteiger partial charge in [0.25, 0.3) is 0 Å². The van der Waals surface area contributed by atoms with Gasteiger partial charge in [-0.15, -0.1) is 0 Å². The maximum atomic E-state index is 12.8. The summed E-state index contributed by atoms with van der Waals surface area (Å²) < 4.78 is 5.70. The van der Waals surface area contributed by atoms with Crippen molar-refractivity contribution in [1.82, 2.24) is 15.6 Å². The lowest BCUT2D eigenvalue weighted by atomic mass is 9.95. The molecule has 0 amide bonds. The third-order valence-electron chi connectivity index (χ3n) is 6.06. The van der Waals surface area contributed by atoms with Gasteiger partial charge in [-0.25, -0.2) is 4.79 Å². The molecule has 1 atom stereocenters. The Morgan fingerprint density at radius 2 is 2.09 bits per heavy atom. The van der Waals surface area contributed by atoms with Crippen LogP contribution in [0.4, 0.5) is 0 Å². The molecule has 3 aliphatic rings. The van der Waals surface area contributed by atoms with E-state index in [4.69, 9.17) is 9.72 Å². The van der Waals surface area contributed by atoms with Crippen molar-refractivity contribution in [3.63, 3.8) is 0 Å². The van der Waals surface area contributed by atoms with E-state index in [9.17, 15) is 4.79 Å². The number of allylic oxidation sites excluding steroid dienone is 3. The molecule has 5 heteroatoms. The van der Waals surface area contributed by atoms with Gasteiger partial charge in [0.05, 0.1) is 17.0 Å². The SMILES string of the molecule is Cc1cccc(C2=C(c3ccc4c(c3)=CC(C(=O)O[C@H]3CCNC3)=CCC=4)CC=CN2)n1. The first-order chi connectivity index (χ1) is 15.7. The number of aromatic nitrogens is 1. The normalized spacial score (nSPS) is 19.8. The van der Waals surface area contributed by atoms with Crippen molar-refractivity contribution < 1.29 is 9.53 Å². The van der Waals surface area contributed by atoms with Crippen molar-refractivity contribution in [3.05, 3.63) is 87.7 Å². The maximum absolute atomic E-state index is 12.8. The van der Waals surface area contributed by atoms with Crippen molar-refractivity contribution in [2.75, 3.05) is 13.1 Å². The van der Waals surface area contributed by atoms with Crippen LogP contribution in [0.5, 0.6) is 0 Å². The number of aryl methyl sites for hydroxylation is 1. The third kappa shape index (κ3) is 4.30. The Kier molecular flexibility index (Phi) is 5.73. The average molecular weight is 426 g/mol. The van der Waals surface area contributed by atoms with Crippen molar-refractivity contribution >= 4 is 29.4 Å². The number of esters is 1. The number of carbonyl (C=O) groups excluding carboxylic acids is 1. The Morgan fingerprint density at radius 3 is 2.94 bits per heavy atom. The van der Waals surface area contributed by atoms with E-state index in [0.717, 1.165) is 59.0 Å². The Morgan fingerprint density at radius 1 is 1.16 bits per heavy atom. The van der Waals surface area contributed by atoms with Gasteiger partial charge in [0.1, 0.15) is 6.10 Å². The van der Waals surface area contributed by atoms with E-state index in [2.05, 4.69) is 41.0 Å². The molecule has 2 N–H and O–H groups in total. The summed E-state index contributed by atoms with van der Waals surface area (Å²) in [5.41, 5.74) is 5.89. The van der Waals surface area contributed by atoms with E-state index in [-0.39, 0.29) is 12.1 Å². The fourth-order valence-electron chi connectivity index (χ4n) is 4.38. The molecular formula is C27H27N3O2. The standard InChI is InChI=1S/C27H27N3O2/c1-18-5-2-9-25(30-18)26-24(8-4-13-29-26)20-11-10-19-6-3-7-21(16-22(19)15-20)27(31)32-23-12-14-28-17-23/h2,4-7,9-11,13,15-16,23,28-29H,3,8,12,14,17H2,1H3/t23-/m0/s1. The van der Waals surface area contributed by atoms with E-state index in [1.54, 1.807) is 0 Å². The molecule has 0 saturated carbocycles. The summed E-state index contributed by atoms with van der Waals surface area (Å²) in [4.78, 5) is 17.5. The van der Waals surface area contributed by atoms with Crippen LogP contribution >= 0.6 is 0 Å². The zero-order valence-electron chi connectivity index (χ0n) is 18.2. The number of ether oxygens (including phenoxy) is 1. The van der Waals surface area contributed by atoms with Crippen molar-refractivity contribution in [2.24, 2.45) is 0 Å². The second-order valence-corrected chi connectivity index (χ2v) is 8.38. The second-order valence-electron chi connectivity index (χ2n) is 8.38. The third-order valence-corrected chi connectivity index (χ3v) is 6.06. The summed E-state index contributed by atoms with van der Waals surface area (Å²) >= 11 is 0. The molecule has 1 aromatic heterocycles. The van der Waals surface area contributed by atoms with Gasteiger partial charge in [-0.3, -0.25) is 4.98 Å². The summed E-state index contributed by atoms with van der Waals surface area (Å²) in [7, 11) is 0. The van der Waals surface area contributed by atoms with E-state index in [0.29, 0.717) is 12.0 Å². The number of hydrogen-bond acceptors (Lipinski definition) is 5. The highest BCUT2D eigenvalue weighted by Gasteiger charge is 2.21. The molecule has 1 saturated heterocycles. The van der Waals surface area contributed by atoms with Gasteiger partial charge >= 0.3 is 5.97 Å². The van der Waals surface area contributed by atoms with Gasteiger partial charge in [0, 0.05) is 12.2 Å². The van der Waals surface area contributed by atoms with Crippen LogP contribution in [0.2, 0.25) is 0 Å². The van der Waals surface area contributed by atoms with Crippen molar-refractivity contribution in [3.8, 4) is 0 Å². The average Bonchev–Trinajstić information content (AvgIpc) is 3.22. The minimum atomic E-state index is -0.239. The lowest BCUT2D eigenvalue weighted by Crippen LogP contribution is -2.26. The molecule has 0 bridgehead atoms. The number of hydrogen-bond donors (Lipinski definition) is 2. The molecule has 5 nitrogen and oxygen atoms in total. The molecule has 1 aromatic carbocycles. The van der Waals surface area contributed by atoms with Gasteiger partial charge in [-0.05, 0) is 84.8 Å². The monoisotopic (exact) mass is 425 g/mol. The van der Waals surface area contributed by atoms with Crippen molar-refractivity contribution in [1.29, 1.82) is 0 Å². The van der Waals surface area contributed by atoms with Gasteiger partial charge < -0.3 is 15.4 Å². The quantitative estimate of drug-likeness (QED) is 0.738. The zero-order valence-corrected chi connectivity index (χ0v) is 18.2. The molecule has 2 aromatic rings. The van der Waals surface area contributed by atoms with Gasteiger partial charge in [0.15, 0.2) is 0 Å². The Labute approximate surface area is 187 Å². The molecule has 0 spiro atoms. The van der Waals surface area contributed by atoms with E-state index < -0.39 is 0 Å². The van der Waals surface area contributed by atoms with Gasteiger partial charge in [-0.2, -0.15) is 0 Å². The number of fused-ring (bicyclic) bond motifs is 1. The van der Waals surface area contributed by atoms with Crippen LogP contribution in [0, 0.1) is 6.92 Å². The van der Waals surface area contributed by atoms with Crippen LogP contribution in [-0.2, 0) is 9.53 Å². The second kappa shape index (κ2) is 8.97. The summed E-state index contributed by atoms with van der Waals surface area (Å²) in [6, 6.07) is 12.5. The highest BCUT2D eigenvalue weighted by Crippen LogP contribution is 2.28. The smallest absolute Gasteiger partial charge is 0.338 e. The highest BCUT2D eigenvalue weighted by atomic mass is 16.5. The molecule has 2 aliphatic heterocycles. The number of rotatable bonds is 4. The topological polar surface area (TPSA) is 63.2 Å². The number of pyridine rings is 1. The molecule has 1 aliphatic carbocycles. The molecular weight excluding hydrogens is 398 g/mol. The van der Waals surface area contributed by atoms with E-state index in [1.165, 1.54) is 5.57 Å². The van der Waals surface area contributed by atoms with Gasteiger partial charge in [0.2, 0.25) is 0 Å². The summed E-state index contributed by atoms with van der Waals surface area (Å²) in [5, 5.41) is 8.80. The fourth-order valence-corrected chi connectivity index (χ4v) is 4.38. The number of dihydropyridines is 1. The molecule has 5 rings (SSSR count). The predicted octanol–water partition coefficient (Wildman–Crippen LogP) is 2.56. The Bertz CT molecular complexity index is 1260. The first kappa shape index (κ1) is 20.5. The lowest BCUT2D eigenvalue weighted by Gasteiger charge is -2.18. The Balaban J connectivity index is 1.52. The molecule has 3 heterocycles.